The lowest BCUT2D eigenvalue weighted by Gasteiger charge is -2.11. The Hall–Kier alpha value is -1.84. The van der Waals surface area contributed by atoms with Gasteiger partial charge in [0.1, 0.15) is 5.15 Å². The van der Waals surface area contributed by atoms with Crippen molar-refractivity contribution < 1.29 is 9.90 Å². The number of nitrogens with one attached hydrogen (secondary N) is 1. The summed E-state index contributed by atoms with van der Waals surface area (Å²) < 4.78 is 0. The molecule has 19 heavy (non-hydrogen) atoms. The van der Waals surface area contributed by atoms with E-state index < -0.39 is 0 Å². The van der Waals surface area contributed by atoms with Crippen molar-refractivity contribution >= 4 is 23.3 Å². The molecule has 2 N–H and O–H groups in total. The van der Waals surface area contributed by atoms with E-state index in [1.165, 1.54) is 12.1 Å². The molecule has 0 aromatic carbocycles. The van der Waals surface area contributed by atoms with E-state index >= 15 is 0 Å². The monoisotopic (exact) mass is 280 g/mol. The van der Waals surface area contributed by atoms with Crippen LogP contribution in [-0.4, -0.2) is 40.5 Å². The number of carbonyl (C=O) groups is 1. The number of carbonyl (C=O) groups excluding carboxylic acids is 1. The van der Waals surface area contributed by atoms with Gasteiger partial charge in [0.05, 0.1) is 18.0 Å². The van der Waals surface area contributed by atoms with Crippen LogP contribution < -0.4 is 5.32 Å². The average molecular weight is 281 g/mol. The summed E-state index contributed by atoms with van der Waals surface area (Å²) in [5.74, 6) is -0.661. The highest BCUT2D eigenvalue weighted by Crippen LogP contribution is 2.26. The lowest BCUT2D eigenvalue weighted by atomic mass is 10.1. The van der Waals surface area contributed by atoms with Crippen LogP contribution in [0, 0.1) is 17.2 Å². The van der Waals surface area contributed by atoms with E-state index in [1.807, 2.05) is 4.90 Å². The van der Waals surface area contributed by atoms with Crippen molar-refractivity contribution in [2.75, 3.05) is 18.9 Å². The molecule has 0 aliphatic carbocycles. The van der Waals surface area contributed by atoms with Gasteiger partial charge in [0.2, 0.25) is 5.91 Å². The second-order valence-corrected chi connectivity index (χ2v) is 4.90. The Bertz CT molecular complexity index is 543. The van der Waals surface area contributed by atoms with Crippen LogP contribution in [0.2, 0.25) is 5.15 Å². The fraction of sp³-hybridized carbons (Fsp3) is 0.417. The quantitative estimate of drug-likeness (QED) is 0.795. The first-order valence-corrected chi connectivity index (χ1v) is 6.15. The highest BCUT2D eigenvalue weighted by molar-refractivity contribution is 6.29. The van der Waals surface area contributed by atoms with Crippen molar-refractivity contribution in [3.63, 3.8) is 0 Å². The van der Waals surface area contributed by atoms with Gasteiger partial charge >= 0.3 is 0 Å². The molecule has 0 bridgehead atoms. The van der Waals surface area contributed by atoms with Gasteiger partial charge in [-0.3, -0.25) is 9.69 Å². The number of likely N-dealkylation sites (tertiary alicyclic amines) is 1. The van der Waals surface area contributed by atoms with Crippen LogP contribution in [0.25, 0.3) is 0 Å². The van der Waals surface area contributed by atoms with Gasteiger partial charge in [0.25, 0.3) is 0 Å². The Morgan fingerprint density at radius 3 is 3.05 bits per heavy atom. The summed E-state index contributed by atoms with van der Waals surface area (Å²) in [5, 5.41) is 21.2. The van der Waals surface area contributed by atoms with E-state index in [0.29, 0.717) is 13.0 Å². The molecule has 2 atom stereocenters. The molecular formula is C12H13ClN4O2. The van der Waals surface area contributed by atoms with E-state index in [0.717, 1.165) is 0 Å². The second kappa shape index (κ2) is 5.43. The maximum atomic E-state index is 12.0. The van der Waals surface area contributed by atoms with Gasteiger partial charge in [-0.25, -0.2) is 4.98 Å². The lowest BCUT2D eigenvalue weighted by molar-refractivity contribution is -0.119. The molecular weight excluding hydrogens is 268 g/mol. The van der Waals surface area contributed by atoms with Crippen LogP contribution in [0.3, 0.4) is 0 Å². The molecule has 1 aromatic rings. The van der Waals surface area contributed by atoms with Crippen molar-refractivity contribution in [3.05, 3.63) is 17.3 Å². The average Bonchev–Trinajstić information content (AvgIpc) is 2.75. The lowest BCUT2D eigenvalue weighted by Crippen LogP contribution is -2.26. The number of nitriles is 1. The SMILES string of the molecule is CN1CC(C(=O)Nc2nc(Cl)ccc2O)CC1C#N. The number of nitrogens with zero attached hydrogens (tertiary/aromatic N) is 3. The maximum Gasteiger partial charge on any atom is 0.230 e. The Balaban J connectivity index is 2.06. The molecule has 1 saturated heterocycles. The normalized spacial score (nSPS) is 23.0. The molecule has 0 spiro atoms. The summed E-state index contributed by atoms with van der Waals surface area (Å²) in [6, 6.07) is 4.69. The Morgan fingerprint density at radius 1 is 1.68 bits per heavy atom. The van der Waals surface area contributed by atoms with Gasteiger partial charge in [-0.1, -0.05) is 11.6 Å². The standard InChI is InChI=1S/C12H13ClN4O2/c1-17-6-7(4-8(17)5-14)12(19)16-11-9(18)2-3-10(13)15-11/h2-3,7-8,18H,4,6H2,1H3,(H,15,16,19). The number of hydrogen-bond donors (Lipinski definition) is 2. The van der Waals surface area contributed by atoms with Gasteiger partial charge < -0.3 is 10.4 Å². The number of aromatic nitrogens is 1. The molecule has 0 saturated carbocycles. The number of hydrogen-bond acceptors (Lipinski definition) is 5. The molecule has 0 radical (unpaired) electrons. The van der Waals surface area contributed by atoms with E-state index in [4.69, 9.17) is 16.9 Å². The minimum absolute atomic E-state index is 0.0422. The molecule has 1 fully saturated rings. The fourth-order valence-electron chi connectivity index (χ4n) is 2.08. The minimum Gasteiger partial charge on any atom is -0.504 e. The summed E-state index contributed by atoms with van der Waals surface area (Å²) in [4.78, 5) is 17.7. The molecule has 6 nitrogen and oxygen atoms in total. The number of halogens is 1. The molecule has 2 rings (SSSR count). The zero-order chi connectivity index (χ0) is 14.0. The van der Waals surface area contributed by atoms with Crippen molar-refractivity contribution in [3.8, 4) is 11.8 Å². The Kier molecular flexibility index (Phi) is 3.88. The molecule has 2 heterocycles. The van der Waals surface area contributed by atoms with Crippen molar-refractivity contribution in [1.82, 2.24) is 9.88 Å². The predicted molar refractivity (Wildman–Crippen MR) is 69.7 cm³/mol. The zero-order valence-corrected chi connectivity index (χ0v) is 11.1. The molecule has 100 valence electrons. The van der Waals surface area contributed by atoms with E-state index in [1.54, 1.807) is 7.05 Å². The summed E-state index contributed by atoms with van der Waals surface area (Å²) in [5.41, 5.74) is 0. The van der Waals surface area contributed by atoms with Crippen LogP contribution in [-0.2, 0) is 4.79 Å². The third-order valence-electron chi connectivity index (χ3n) is 3.15. The van der Waals surface area contributed by atoms with Gasteiger partial charge in [0, 0.05) is 6.54 Å². The fourth-order valence-corrected chi connectivity index (χ4v) is 2.23. The minimum atomic E-state index is -0.296. The highest BCUT2D eigenvalue weighted by Gasteiger charge is 2.34. The van der Waals surface area contributed by atoms with Gasteiger partial charge in [-0.05, 0) is 25.6 Å². The first-order chi connectivity index (χ1) is 9.01. The largest absolute Gasteiger partial charge is 0.504 e. The van der Waals surface area contributed by atoms with Crippen LogP contribution in [0.4, 0.5) is 5.82 Å². The predicted octanol–water partition coefficient (Wildman–Crippen LogP) is 1.22. The van der Waals surface area contributed by atoms with Gasteiger partial charge in [0.15, 0.2) is 11.6 Å². The summed E-state index contributed by atoms with van der Waals surface area (Å²) in [6.07, 6.45) is 0.472. The van der Waals surface area contributed by atoms with E-state index in [2.05, 4.69) is 16.4 Å². The van der Waals surface area contributed by atoms with Crippen LogP contribution in [0.15, 0.2) is 12.1 Å². The van der Waals surface area contributed by atoms with Crippen molar-refractivity contribution in [1.29, 1.82) is 5.26 Å². The van der Waals surface area contributed by atoms with Crippen LogP contribution in [0.5, 0.6) is 5.75 Å². The number of anilines is 1. The van der Waals surface area contributed by atoms with E-state index in [9.17, 15) is 9.90 Å². The summed E-state index contributed by atoms with van der Waals surface area (Å²) in [6.45, 7) is 0.505. The topological polar surface area (TPSA) is 89.2 Å². The number of aromatic hydroxyl groups is 1. The first-order valence-electron chi connectivity index (χ1n) is 5.77. The van der Waals surface area contributed by atoms with Crippen molar-refractivity contribution in [2.24, 2.45) is 5.92 Å². The number of amides is 1. The van der Waals surface area contributed by atoms with Crippen LogP contribution in [0.1, 0.15) is 6.42 Å². The molecule has 7 heteroatoms. The summed E-state index contributed by atoms with van der Waals surface area (Å²) in [7, 11) is 1.80. The molecule has 1 amide bonds. The highest BCUT2D eigenvalue weighted by atomic mass is 35.5. The molecule has 1 aliphatic heterocycles. The maximum absolute atomic E-state index is 12.0. The number of rotatable bonds is 2. The second-order valence-electron chi connectivity index (χ2n) is 4.51. The third kappa shape index (κ3) is 2.95. The van der Waals surface area contributed by atoms with E-state index in [-0.39, 0.29) is 34.6 Å². The molecule has 1 aliphatic rings. The van der Waals surface area contributed by atoms with Gasteiger partial charge in [-0.15, -0.1) is 0 Å². The van der Waals surface area contributed by atoms with Crippen LogP contribution >= 0.6 is 11.6 Å². The zero-order valence-electron chi connectivity index (χ0n) is 10.3. The van der Waals surface area contributed by atoms with Crippen molar-refractivity contribution in [2.45, 2.75) is 12.5 Å². The first kappa shape index (κ1) is 13.6. The molecule has 2 unspecified atom stereocenters. The molecule has 1 aromatic heterocycles. The summed E-state index contributed by atoms with van der Waals surface area (Å²) >= 11 is 5.70. The smallest absolute Gasteiger partial charge is 0.230 e. The number of pyridine rings is 1. The van der Waals surface area contributed by atoms with Gasteiger partial charge in [-0.2, -0.15) is 5.26 Å². The Labute approximate surface area is 115 Å². The third-order valence-corrected chi connectivity index (χ3v) is 3.36. The Morgan fingerprint density at radius 2 is 2.42 bits per heavy atom.